The van der Waals surface area contributed by atoms with E-state index in [0.717, 1.165) is 16.8 Å². The number of ether oxygens (including phenoxy) is 1. The predicted molar refractivity (Wildman–Crippen MR) is 69.1 cm³/mol. The second-order valence-electron chi connectivity index (χ2n) is 4.46. The summed E-state index contributed by atoms with van der Waals surface area (Å²) in [6.45, 7) is 7.23. The molecule has 1 aliphatic heterocycles. The van der Waals surface area contributed by atoms with Crippen LogP contribution >= 0.6 is 0 Å². The Kier molecular flexibility index (Phi) is 3.48. The molecule has 0 radical (unpaired) electrons. The van der Waals surface area contributed by atoms with E-state index in [1.54, 1.807) is 6.07 Å². The Labute approximate surface area is 107 Å². The molecular weight excluding hydrogens is 230 g/mol. The third-order valence-corrected chi connectivity index (χ3v) is 3.06. The van der Waals surface area contributed by atoms with Crippen LogP contribution in [-0.2, 0) is 9.53 Å². The topological polar surface area (TPSA) is 46.6 Å². The Morgan fingerprint density at radius 2 is 1.94 bits per heavy atom. The molecule has 96 valence electrons. The average Bonchev–Trinajstić information content (AvgIpc) is 2.55. The second-order valence-corrected chi connectivity index (χ2v) is 4.46. The van der Waals surface area contributed by atoms with Gasteiger partial charge >= 0.3 is 0 Å². The lowest BCUT2D eigenvalue weighted by atomic mass is 10.0. The molecule has 4 nitrogen and oxygen atoms in total. The zero-order valence-electron chi connectivity index (χ0n) is 10.9. The van der Waals surface area contributed by atoms with Crippen LogP contribution in [0.4, 0.5) is 5.69 Å². The lowest BCUT2D eigenvalue weighted by Crippen LogP contribution is -2.33. The molecule has 1 heterocycles. The number of ketones is 1. The van der Waals surface area contributed by atoms with Crippen LogP contribution in [-0.4, -0.2) is 31.4 Å². The molecule has 0 atom stereocenters. The second kappa shape index (κ2) is 4.90. The van der Waals surface area contributed by atoms with E-state index in [-0.39, 0.29) is 0 Å². The number of rotatable bonds is 4. The van der Waals surface area contributed by atoms with E-state index in [2.05, 4.69) is 0 Å². The first-order valence-corrected chi connectivity index (χ1v) is 6.11. The molecular formula is C14H17NO3. The fourth-order valence-electron chi connectivity index (χ4n) is 2.34. The molecule has 4 heteroatoms. The summed E-state index contributed by atoms with van der Waals surface area (Å²) in [4.78, 5) is 25.4. The normalized spacial score (nSPS) is 14.3. The van der Waals surface area contributed by atoms with Crippen molar-refractivity contribution in [1.82, 2.24) is 0 Å². The van der Waals surface area contributed by atoms with Crippen molar-refractivity contribution >= 4 is 17.4 Å². The van der Waals surface area contributed by atoms with Crippen LogP contribution in [0.25, 0.3) is 0 Å². The Morgan fingerprint density at radius 1 is 1.22 bits per heavy atom. The SMILES string of the molecule is CCOCCN1C(=O)C(=O)c2cc(C)cc(C)c21. The maximum atomic E-state index is 11.9. The third-order valence-electron chi connectivity index (χ3n) is 3.06. The molecule has 0 N–H and O–H groups in total. The van der Waals surface area contributed by atoms with Crippen molar-refractivity contribution in [2.45, 2.75) is 20.8 Å². The predicted octanol–water partition coefficient (Wildman–Crippen LogP) is 1.87. The maximum absolute atomic E-state index is 11.9. The highest BCUT2D eigenvalue weighted by atomic mass is 16.5. The molecule has 18 heavy (non-hydrogen) atoms. The average molecular weight is 247 g/mol. The van der Waals surface area contributed by atoms with E-state index in [1.165, 1.54) is 4.90 Å². The number of benzene rings is 1. The van der Waals surface area contributed by atoms with Gasteiger partial charge in [-0.05, 0) is 38.0 Å². The number of nitrogens with zero attached hydrogens (tertiary/aromatic N) is 1. The maximum Gasteiger partial charge on any atom is 0.299 e. The molecule has 0 aliphatic carbocycles. The van der Waals surface area contributed by atoms with Crippen LogP contribution in [0, 0.1) is 13.8 Å². The van der Waals surface area contributed by atoms with Gasteiger partial charge in [-0.15, -0.1) is 0 Å². The molecule has 1 aromatic carbocycles. The van der Waals surface area contributed by atoms with E-state index in [1.807, 2.05) is 26.8 Å². The van der Waals surface area contributed by atoms with Crippen LogP contribution in [0.1, 0.15) is 28.4 Å². The fraction of sp³-hybridized carbons (Fsp3) is 0.429. The Bertz CT molecular complexity index is 508. The zero-order chi connectivity index (χ0) is 13.3. The van der Waals surface area contributed by atoms with E-state index in [0.29, 0.717) is 25.3 Å². The minimum Gasteiger partial charge on any atom is -0.380 e. The van der Waals surface area contributed by atoms with Crippen molar-refractivity contribution in [3.05, 3.63) is 28.8 Å². The van der Waals surface area contributed by atoms with Gasteiger partial charge in [-0.3, -0.25) is 9.59 Å². The molecule has 1 aliphatic rings. The molecule has 1 aromatic rings. The minimum atomic E-state index is -0.446. The number of Topliss-reactive ketones (excluding diaryl/α,β-unsaturated/α-hetero) is 1. The molecule has 0 saturated heterocycles. The highest BCUT2D eigenvalue weighted by Crippen LogP contribution is 2.33. The number of carbonyl (C=O) groups excluding carboxylic acids is 2. The minimum absolute atomic E-state index is 0.409. The van der Waals surface area contributed by atoms with Crippen LogP contribution in [0.5, 0.6) is 0 Å². The quantitative estimate of drug-likeness (QED) is 0.602. The van der Waals surface area contributed by atoms with E-state index in [4.69, 9.17) is 4.74 Å². The van der Waals surface area contributed by atoms with Gasteiger partial charge in [-0.25, -0.2) is 0 Å². The van der Waals surface area contributed by atoms with E-state index >= 15 is 0 Å². The van der Waals surface area contributed by atoms with Crippen LogP contribution < -0.4 is 4.90 Å². The molecule has 0 unspecified atom stereocenters. The largest absolute Gasteiger partial charge is 0.380 e. The van der Waals surface area contributed by atoms with Crippen molar-refractivity contribution in [3.63, 3.8) is 0 Å². The van der Waals surface area contributed by atoms with Crippen LogP contribution in [0.3, 0.4) is 0 Å². The van der Waals surface area contributed by atoms with Crippen molar-refractivity contribution < 1.29 is 14.3 Å². The van der Waals surface area contributed by atoms with Crippen LogP contribution in [0.2, 0.25) is 0 Å². The van der Waals surface area contributed by atoms with Gasteiger partial charge in [0.25, 0.3) is 11.7 Å². The zero-order valence-corrected chi connectivity index (χ0v) is 10.9. The monoisotopic (exact) mass is 247 g/mol. The van der Waals surface area contributed by atoms with Gasteiger partial charge in [-0.1, -0.05) is 6.07 Å². The molecule has 0 spiro atoms. The smallest absolute Gasteiger partial charge is 0.299 e. The number of anilines is 1. The highest BCUT2D eigenvalue weighted by molar-refractivity contribution is 6.52. The first-order chi connectivity index (χ1) is 8.56. The van der Waals surface area contributed by atoms with Gasteiger partial charge in [0.05, 0.1) is 17.9 Å². The number of fused-ring (bicyclic) bond motifs is 1. The van der Waals surface area contributed by atoms with Crippen molar-refractivity contribution in [3.8, 4) is 0 Å². The summed E-state index contributed by atoms with van der Waals surface area (Å²) in [5.74, 6) is -0.855. The number of carbonyl (C=O) groups is 2. The molecule has 0 fully saturated rings. The molecule has 0 saturated carbocycles. The standard InChI is InChI=1S/C14H17NO3/c1-4-18-6-5-15-12-10(3)7-9(2)8-11(12)13(16)14(15)17/h7-8H,4-6H2,1-3H3. The van der Waals surface area contributed by atoms with E-state index < -0.39 is 11.7 Å². The first-order valence-electron chi connectivity index (χ1n) is 6.11. The fourth-order valence-corrected chi connectivity index (χ4v) is 2.34. The Balaban J connectivity index is 2.36. The van der Waals surface area contributed by atoms with Gasteiger partial charge in [0.15, 0.2) is 0 Å². The summed E-state index contributed by atoms with van der Waals surface area (Å²) >= 11 is 0. The lowest BCUT2D eigenvalue weighted by Gasteiger charge is -2.18. The molecule has 2 rings (SSSR count). The van der Waals surface area contributed by atoms with Gasteiger partial charge in [0.2, 0.25) is 0 Å². The lowest BCUT2D eigenvalue weighted by molar-refractivity contribution is -0.114. The summed E-state index contributed by atoms with van der Waals surface area (Å²) in [6.07, 6.45) is 0. The summed E-state index contributed by atoms with van der Waals surface area (Å²) < 4.78 is 5.25. The molecule has 0 aromatic heterocycles. The summed E-state index contributed by atoms with van der Waals surface area (Å²) in [5, 5.41) is 0. The molecule has 1 amide bonds. The van der Waals surface area contributed by atoms with Gasteiger partial charge < -0.3 is 9.64 Å². The number of amides is 1. The van der Waals surface area contributed by atoms with Crippen molar-refractivity contribution in [2.75, 3.05) is 24.7 Å². The summed E-state index contributed by atoms with van der Waals surface area (Å²) in [5.41, 5.74) is 3.23. The van der Waals surface area contributed by atoms with Crippen LogP contribution in [0.15, 0.2) is 12.1 Å². The number of hydrogen-bond donors (Lipinski definition) is 0. The molecule has 0 bridgehead atoms. The van der Waals surface area contributed by atoms with Gasteiger partial charge in [0.1, 0.15) is 0 Å². The van der Waals surface area contributed by atoms with Crippen molar-refractivity contribution in [1.29, 1.82) is 0 Å². The van der Waals surface area contributed by atoms with Gasteiger partial charge in [0, 0.05) is 13.2 Å². The first kappa shape index (κ1) is 12.8. The number of hydrogen-bond acceptors (Lipinski definition) is 3. The van der Waals surface area contributed by atoms with E-state index in [9.17, 15) is 9.59 Å². The Morgan fingerprint density at radius 3 is 2.61 bits per heavy atom. The summed E-state index contributed by atoms with van der Waals surface area (Å²) in [6, 6.07) is 3.77. The number of aryl methyl sites for hydroxylation is 2. The van der Waals surface area contributed by atoms with Gasteiger partial charge in [-0.2, -0.15) is 0 Å². The Hall–Kier alpha value is -1.68. The third kappa shape index (κ3) is 2.04. The van der Waals surface area contributed by atoms with Crippen molar-refractivity contribution in [2.24, 2.45) is 0 Å². The summed E-state index contributed by atoms with van der Waals surface area (Å²) in [7, 11) is 0. The highest BCUT2D eigenvalue weighted by Gasteiger charge is 2.36.